The molecule has 0 radical (unpaired) electrons. The van der Waals surface area contributed by atoms with Crippen LogP contribution in [0.25, 0.3) is 0 Å². The fraction of sp³-hybridized carbons (Fsp3) is 0.500. The smallest absolute Gasteiger partial charge is 0.0667 e. The highest BCUT2D eigenvalue weighted by atomic mass is 79.9. The Morgan fingerprint density at radius 2 is 2.50 bits per heavy atom. The zero-order valence-corrected chi connectivity index (χ0v) is 9.32. The topological polar surface area (TPSA) is 35.2 Å². The summed E-state index contributed by atoms with van der Waals surface area (Å²) in [7, 11) is 0. The van der Waals surface area contributed by atoms with Crippen molar-refractivity contribution >= 4 is 27.3 Å². The van der Waals surface area contributed by atoms with Crippen LogP contribution in [0, 0.1) is 0 Å². The Bertz CT molecular complexity index is 239. The number of nitrogens with two attached hydrogens (primary N) is 1. The summed E-state index contributed by atoms with van der Waals surface area (Å²) in [6.45, 7) is 3.29. The lowest BCUT2D eigenvalue weighted by Crippen LogP contribution is -2.15. The molecule has 0 bridgehead atoms. The molecule has 1 atom stereocenters. The molecule has 1 heterocycles. The van der Waals surface area contributed by atoms with Crippen molar-refractivity contribution in [3.05, 3.63) is 20.8 Å². The van der Waals surface area contributed by atoms with Crippen LogP contribution in [0.3, 0.4) is 0 Å². The first-order chi connectivity index (χ1) is 5.74. The molecular weight excluding hydrogens is 238 g/mol. The lowest BCUT2D eigenvalue weighted by molar-refractivity contribution is 0.134. The molecular formula is C8H12BrNOS. The Morgan fingerprint density at radius 3 is 3.00 bits per heavy atom. The van der Waals surface area contributed by atoms with E-state index in [1.165, 1.54) is 0 Å². The van der Waals surface area contributed by atoms with E-state index >= 15 is 0 Å². The van der Waals surface area contributed by atoms with Gasteiger partial charge in [-0.05, 0) is 28.9 Å². The Kier molecular flexibility index (Phi) is 4.21. The number of rotatable bonds is 4. The van der Waals surface area contributed by atoms with Crippen LogP contribution in [0.1, 0.15) is 17.8 Å². The van der Waals surface area contributed by atoms with E-state index in [2.05, 4.69) is 15.9 Å². The number of halogens is 1. The van der Waals surface area contributed by atoms with Crippen molar-refractivity contribution in [2.75, 3.05) is 13.2 Å². The quantitative estimate of drug-likeness (QED) is 0.891. The van der Waals surface area contributed by atoms with Gasteiger partial charge in [-0.2, -0.15) is 0 Å². The van der Waals surface area contributed by atoms with Crippen molar-refractivity contribution in [2.45, 2.75) is 13.0 Å². The molecule has 0 spiro atoms. The summed E-state index contributed by atoms with van der Waals surface area (Å²) >= 11 is 5.04. The van der Waals surface area contributed by atoms with Crippen molar-refractivity contribution in [2.24, 2.45) is 5.73 Å². The molecule has 2 N–H and O–H groups in total. The highest BCUT2D eigenvalue weighted by molar-refractivity contribution is 9.10. The third-order valence-electron chi connectivity index (χ3n) is 1.45. The van der Waals surface area contributed by atoms with Gasteiger partial charge in [-0.1, -0.05) is 0 Å². The van der Waals surface area contributed by atoms with E-state index in [0.717, 1.165) is 16.0 Å². The van der Waals surface area contributed by atoms with Crippen LogP contribution in [0.4, 0.5) is 0 Å². The second-order valence-electron chi connectivity index (χ2n) is 2.43. The van der Waals surface area contributed by atoms with E-state index in [0.29, 0.717) is 6.61 Å². The summed E-state index contributed by atoms with van der Waals surface area (Å²) in [5.74, 6) is 0. The van der Waals surface area contributed by atoms with Gasteiger partial charge in [-0.15, -0.1) is 11.3 Å². The third-order valence-corrected chi connectivity index (χ3v) is 3.28. The molecule has 0 aliphatic heterocycles. The van der Waals surface area contributed by atoms with E-state index in [1.807, 2.05) is 18.4 Å². The zero-order chi connectivity index (χ0) is 8.97. The summed E-state index contributed by atoms with van der Waals surface area (Å²) in [6.07, 6.45) is 0. The van der Waals surface area contributed by atoms with E-state index in [-0.39, 0.29) is 6.04 Å². The van der Waals surface area contributed by atoms with Crippen LogP contribution in [0.15, 0.2) is 15.9 Å². The zero-order valence-electron chi connectivity index (χ0n) is 6.92. The second-order valence-corrected chi connectivity index (χ2v) is 4.29. The Labute approximate surface area is 84.9 Å². The number of hydrogen-bond donors (Lipinski definition) is 1. The van der Waals surface area contributed by atoms with Crippen molar-refractivity contribution < 1.29 is 4.74 Å². The van der Waals surface area contributed by atoms with E-state index < -0.39 is 0 Å². The Morgan fingerprint density at radius 1 is 1.75 bits per heavy atom. The van der Waals surface area contributed by atoms with E-state index in [1.54, 1.807) is 11.3 Å². The molecule has 1 unspecified atom stereocenters. The summed E-state index contributed by atoms with van der Waals surface area (Å²) in [4.78, 5) is 1.16. The molecule has 1 aromatic rings. The van der Waals surface area contributed by atoms with Gasteiger partial charge in [0.05, 0.1) is 12.6 Å². The molecule has 1 rings (SSSR count). The summed E-state index contributed by atoms with van der Waals surface area (Å²) < 4.78 is 6.32. The van der Waals surface area contributed by atoms with Crippen LogP contribution in [-0.4, -0.2) is 13.2 Å². The van der Waals surface area contributed by atoms with Gasteiger partial charge >= 0.3 is 0 Å². The summed E-state index contributed by atoms with van der Waals surface area (Å²) in [6, 6.07) is 2.05. The van der Waals surface area contributed by atoms with Gasteiger partial charge in [0.25, 0.3) is 0 Å². The Hall–Kier alpha value is 0.1000. The van der Waals surface area contributed by atoms with Crippen LogP contribution in [0.2, 0.25) is 0 Å². The van der Waals surface area contributed by atoms with E-state index in [4.69, 9.17) is 10.5 Å². The maximum Gasteiger partial charge on any atom is 0.0667 e. The lowest BCUT2D eigenvalue weighted by Gasteiger charge is -2.08. The first kappa shape index (κ1) is 10.2. The number of hydrogen-bond acceptors (Lipinski definition) is 3. The molecule has 0 amide bonds. The molecule has 1 aromatic heterocycles. The van der Waals surface area contributed by atoms with Gasteiger partial charge in [0, 0.05) is 21.3 Å². The molecule has 0 aromatic carbocycles. The maximum atomic E-state index is 5.86. The molecule has 0 aliphatic carbocycles. The van der Waals surface area contributed by atoms with Gasteiger partial charge in [-0.3, -0.25) is 0 Å². The second kappa shape index (κ2) is 4.97. The van der Waals surface area contributed by atoms with Gasteiger partial charge in [-0.25, -0.2) is 0 Å². The minimum Gasteiger partial charge on any atom is -0.380 e. The first-order valence-corrected chi connectivity index (χ1v) is 5.48. The van der Waals surface area contributed by atoms with Crippen molar-refractivity contribution in [3.63, 3.8) is 0 Å². The van der Waals surface area contributed by atoms with Gasteiger partial charge in [0.2, 0.25) is 0 Å². The molecule has 12 heavy (non-hydrogen) atoms. The predicted octanol–water partition coefficient (Wildman–Crippen LogP) is 2.55. The summed E-state index contributed by atoms with van der Waals surface area (Å²) in [5.41, 5.74) is 5.86. The fourth-order valence-electron chi connectivity index (χ4n) is 0.850. The highest BCUT2D eigenvalue weighted by Crippen LogP contribution is 2.24. The molecule has 68 valence electrons. The predicted molar refractivity (Wildman–Crippen MR) is 55.4 cm³/mol. The average molecular weight is 250 g/mol. The van der Waals surface area contributed by atoms with Crippen LogP contribution >= 0.6 is 27.3 Å². The van der Waals surface area contributed by atoms with Gasteiger partial charge in [0.1, 0.15) is 0 Å². The minimum atomic E-state index is 0.0150. The molecule has 0 saturated heterocycles. The number of thiophene rings is 1. The normalized spacial score (nSPS) is 13.2. The largest absolute Gasteiger partial charge is 0.380 e. The van der Waals surface area contributed by atoms with Crippen LogP contribution < -0.4 is 5.73 Å². The summed E-state index contributed by atoms with van der Waals surface area (Å²) in [5, 5.41) is 2.03. The van der Waals surface area contributed by atoms with Crippen LogP contribution in [0.5, 0.6) is 0 Å². The standard InChI is InChI=1S/C8H12BrNOS/c1-2-11-4-7(10)8-3-6(9)5-12-8/h3,5,7H,2,4,10H2,1H3. The molecule has 0 saturated carbocycles. The third kappa shape index (κ3) is 2.86. The number of ether oxygens (including phenoxy) is 1. The molecule has 2 nitrogen and oxygen atoms in total. The molecule has 4 heteroatoms. The highest BCUT2D eigenvalue weighted by Gasteiger charge is 2.07. The molecule has 0 aliphatic rings. The minimum absolute atomic E-state index is 0.0150. The van der Waals surface area contributed by atoms with Crippen molar-refractivity contribution in [1.82, 2.24) is 0 Å². The van der Waals surface area contributed by atoms with Crippen molar-refractivity contribution in [1.29, 1.82) is 0 Å². The maximum absolute atomic E-state index is 5.86. The molecule has 0 fully saturated rings. The monoisotopic (exact) mass is 249 g/mol. The average Bonchev–Trinajstić information content (AvgIpc) is 2.47. The van der Waals surface area contributed by atoms with Gasteiger partial charge < -0.3 is 10.5 Å². The Balaban J connectivity index is 2.47. The lowest BCUT2D eigenvalue weighted by atomic mass is 10.3. The van der Waals surface area contributed by atoms with Crippen molar-refractivity contribution in [3.8, 4) is 0 Å². The SMILES string of the molecule is CCOCC(N)c1cc(Br)cs1. The van der Waals surface area contributed by atoms with Gasteiger partial charge in [0.15, 0.2) is 0 Å². The van der Waals surface area contributed by atoms with Crippen LogP contribution in [-0.2, 0) is 4.74 Å². The van der Waals surface area contributed by atoms with E-state index in [9.17, 15) is 0 Å². The first-order valence-electron chi connectivity index (χ1n) is 3.81. The fourth-order valence-corrected chi connectivity index (χ4v) is 2.28.